The quantitative estimate of drug-likeness (QED) is 0.271. The van der Waals surface area contributed by atoms with Gasteiger partial charge in [-0.2, -0.15) is 0 Å². The molecule has 0 aliphatic rings. The molecule has 0 saturated heterocycles. The van der Waals surface area contributed by atoms with Crippen molar-refractivity contribution in [3.05, 3.63) is 74.0 Å². The number of furan rings is 1. The van der Waals surface area contributed by atoms with Crippen LogP contribution < -0.4 is 11.3 Å². The van der Waals surface area contributed by atoms with Gasteiger partial charge >= 0.3 is 0 Å². The summed E-state index contributed by atoms with van der Waals surface area (Å²) in [6.45, 7) is 4.35. The van der Waals surface area contributed by atoms with Crippen molar-refractivity contribution in [2.45, 2.75) is 31.3 Å². The monoisotopic (exact) mass is 483 g/mol. The molecule has 0 amide bonds. The summed E-state index contributed by atoms with van der Waals surface area (Å²) in [4.78, 5) is 29.2. The summed E-state index contributed by atoms with van der Waals surface area (Å²) in [6, 6.07) is 8.69. The van der Waals surface area contributed by atoms with Gasteiger partial charge in [0.2, 0.25) is 0 Å². The van der Waals surface area contributed by atoms with Crippen LogP contribution in [0.3, 0.4) is 0 Å². The van der Waals surface area contributed by atoms with E-state index in [4.69, 9.17) is 26.7 Å². The average Bonchev–Trinajstić information content (AvgIpc) is 3.36. The molecule has 0 aliphatic carbocycles. The van der Waals surface area contributed by atoms with Gasteiger partial charge in [-0.05, 0) is 49.7 Å². The molecule has 0 spiro atoms. The molecular formula is C22H18ClN5O2S2. The van der Waals surface area contributed by atoms with Gasteiger partial charge in [0, 0.05) is 9.90 Å². The third-order valence-electron chi connectivity index (χ3n) is 5.21. The number of nitrogen functional groups attached to an aromatic ring is 1. The Labute approximate surface area is 196 Å². The topological polar surface area (TPSA) is 99.8 Å². The van der Waals surface area contributed by atoms with Gasteiger partial charge in [0.1, 0.15) is 22.2 Å². The Bertz CT molecular complexity index is 1530. The van der Waals surface area contributed by atoms with Crippen LogP contribution in [-0.4, -0.2) is 19.5 Å². The SMILES string of the molecule is Cc1sc2nc(CSc3nc4cc(Cl)ccc4c(=O)n3Cc3ccco3)nc(N)c2c1C. The number of benzene rings is 1. The largest absolute Gasteiger partial charge is 0.467 e. The molecule has 5 aromatic rings. The first-order chi connectivity index (χ1) is 15.4. The molecule has 7 nitrogen and oxygen atoms in total. The first kappa shape index (κ1) is 21.0. The van der Waals surface area contributed by atoms with E-state index >= 15 is 0 Å². The number of rotatable bonds is 5. The van der Waals surface area contributed by atoms with Crippen LogP contribution in [0.5, 0.6) is 0 Å². The van der Waals surface area contributed by atoms with Crippen LogP contribution in [0.4, 0.5) is 5.82 Å². The van der Waals surface area contributed by atoms with E-state index in [1.54, 1.807) is 46.4 Å². The van der Waals surface area contributed by atoms with Gasteiger partial charge in [0.25, 0.3) is 5.56 Å². The number of aryl methyl sites for hydroxylation is 2. The van der Waals surface area contributed by atoms with Gasteiger partial charge < -0.3 is 10.2 Å². The number of thioether (sulfide) groups is 1. The normalized spacial score (nSPS) is 11.6. The highest BCUT2D eigenvalue weighted by molar-refractivity contribution is 7.98. The molecule has 0 aliphatic heterocycles. The molecule has 0 fully saturated rings. The van der Waals surface area contributed by atoms with Crippen molar-refractivity contribution in [1.82, 2.24) is 19.5 Å². The van der Waals surface area contributed by atoms with Crippen LogP contribution in [0.15, 0.2) is 51.0 Å². The Morgan fingerprint density at radius 1 is 1.22 bits per heavy atom. The number of fused-ring (bicyclic) bond motifs is 2. The minimum Gasteiger partial charge on any atom is -0.467 e. The molecule has 0 unspecified atom stereocenters. The maximum atomic E-state index is 13.2. The molecule has 1 aromatic carbocycles. The molecular weight excluding hydrogens is 466 g/mol. The van der Waals surface area contributed by atoms with Crippen LogP contribution in [-0.2, 0) is 12.3 Å². The maximum Gasteiger partial charge on any atom is 0.262 e. The van der Waals surface area contributed by atoms with Crippen molar-refractivity contribution < 1.29 is 4.42 Å². The molecule has 10 heteroatoms. The second kappa shape index (κ2) is 8.23. The second-order valence-electron chi connectivity index (χ2n) is 7.30. The predicted molar refractivity (Wildman–Crippen MR) is 130 cm³/mol. The number of thiophene rings is 1. The summed E-state index contributed by atoms with van der Waals surface area (Å²) in [5, 5.41) is 2.46. The minimum atomic E-state index is -0.161. The molecule has 0 radical (unpaired) electrons. The standard InChI is InChI=1S/C22H18ClN5O2S2/c1-11-12(2)32-20-18(11)19(24)26-17(27-20)10-31-22-25-16-8-13(23)5-6-15(16)21(29)28(22)9-14-4-3-7-30-14/h3-8H,9-10H2,1-2H3,(H2,24,26,27). The summed E-state index contributed by atoms with van der Waals surface area (Å²) in [5.74, 6) is 2.13. The molecule has 0 saturated carbocycles. The average molecular weight is 484 g/mol. The summed E-state index contributed by atoms with van der Waals surface area (Å²) in [6.07, 6.45) is 1.58. The van der Waals surface area contributed by atoms with Gasteiger partial charge in [-0.15, -0.1) is 11.3 Å². The Morgan fingerprint density at radius 3 is 2.84 bits per heavy atom. The van der Waals surface area contributed by atoms with E-state index in [2.05, 4.69) is 9.97 Å². The first-order valence-corrected chi connectivity index (χ1v) is 12.0. The van der Waals surface area contributed by atoms with Gasteiger partial charge in [-0.1, -0.05) is 23.4 Å². The van der Waals surface area contributed by atoms with Crippen molar-refractivity contribution in [3.63, 3.8) is 0 Å². The van der Waals surface area contributed by atoms with Crippen LogP contribution >= 0.6 is 34.7 Å². The fourth-order valence-corrected chi connectivity index (χ4v) is 5.58. The van der Waals surface area contributed by atoms with Gasteiger partial charge in [0.15, 0.2) is 5.16 Å². The number of hydrogen-bond acceptors (Lipinski definition) is 8. The first-order valence-electron chi connectivity index (χ1n) is 9.78. The van der Waals surface area contributed by atoms with Crippen LogP contribution in [0.1, 0.15) is 22.0 Å². The summed E-state index contributed by atoms with van der Waals surface area (Å²) in [5.41, 5.74) is 7.72. The molecule has 0 bridgehead atoms. The molecule has 32 heavy (non-hydrogen) atoms. The maximum absolute atomic E-state index is 13.2. The second-order valence-corrected chi connectivity index (χ2v) is 9.89. The van der Waals surface area contributed by atoms with Crippen molar-refractivity contribution in [2.75, 3.05) is 5.73 Å². The minimum absolute atomic E-state index is 0.161. The molecule has 162 valence electrons. The van der Waals surface area contributed by atoms with E-state index < -0.39 is 0 Å². The number of anilines is 1. The molecule has 2 N–H and O–H groups in total. The smallest absolute Gasteiger partial charge is 0.262 e. The fraction of sp³-hybridized carbons (Fsp3) is 0.182. The summed E-state index contributed by atoms with van der Waals surface area (Å²) >= 11 is 9.11. The predicted octanol–water partition coefficient (Wildman–Crippen LogP) is 5.19. The third kappa shape index (κ3) is 3.76. The Hall–Kier alpha value is -2.88. The van der Waals surface area contributed by atoms with Crippen LogP contribution in [0, 0.1) is 13.8 Å². The summed E-state index contributed by atoms with van der Waals surface area (Å²) < 4.78 is 7.06. The van der Waals surface area contributed by atoms with Gasteiger partial charge in [0.05, 0.1) is 34.8 Å². The van der Waals surface area contributed by atoms with E-state index in [0.717, 1.165) is 15.8 Å². The zero-order chi connectivity index (χ0) is 22.4. The van der Waals surface area contributed by atoms with Crippen LogP contribution in [0.2, 0.25) is 5.02 Å². The van der Waals surface area contributed by atoms with E-state index in [0.29, 0.717) is 44.2 Å². The highest BCUT2D eigenvalue weighted by Gasteiger charge is 2.16. The van der Waals surface area contributed by atoms with E-state index in [9.17, 15) is 4.79 Å². The van der Waals surface area contributed by atoms with Gasteiger partial charge in [-0.3, -0.25) is 9.36 Å². The van der Waals surface area contributed by atoms with E-state index in [-0.39, 0.29) is 12.1 Å². The number of nitrogens with zero attached hydrogens (tertiary/aromatic N) is 4. The number of aromatic nitrogens is 4. The lowest BCUT2D eigenvalue weighted by Gasteiger charge is -2.12. The molecule has 4 aromatic heterocycles. The molecule has 4 heterocycles. The summed E-state index contributed by atoms with van der Waals surface area (Å²) in [7, 11) is 0. The van der Waals surface area contributed by atoms with Gasteiger partial charge in [-0.25, -0.2) is 15.0 Å². The number of halogens is 1. The third-order valence-corrected chi connectivity index (χ3v) is 7.52. The van der Waals surface area contributed by atoms with E-state index in [1.165, 1.54) is 16.6 Å². The molecule has 5 rings (SSSR count). The van der Waals surface area contributed by atoms with Crippen molar-refractivity contribution in [3.8, 4) is 0 Å². The highest BCUT2D eigenvalue weighted by Crippen LogP contribution is 2.33. The fourth-order valence-electron chi connectivity index (χ4n) is 3.50. The zero-order valence-electron chi connectivity index (χ0n) is 17.3. The molecule has 0 atom stereocenters. The Balaban J connectivity index is 1.55. The van der Waals surface area contributed by atoms with Crippen molar-refractivity contribution >= 4 is 61.6 Å². The lowest BCUT2D eigenvalue weighted by molar-refractivity contribution is 0.476. The lowest BCUT2D eigenvalue weighted by Crippen LogP contribution is -2.24. The lowest BCUT2D eigenvalue weighted by atomic mass is 10.2. The van der Waals surface area contributed by atoms with Crippen molar-refractivity contribution in [2.24, 2.45) is 0 Å². The van der Waals surface area contributed by atoms with E-state index in [1.807, 2.05) is 19.9 Å². The Morgan fingerprint density at radius 2 is 2.06 bits per heavy atom. The zero-order valence-corrected chi connectivity index (χ0v) is 19.6. The Kier molecular flexibility index (Phi) is 5.40. The number of hydrogen-bond donors (Lipinski definition) is 1. The van der Waals surface area contributed by atoms with Crippen molar-refractivity contribution in [1.29, 1.82) is 0 Å². The van der Waals surface area contributed by atoms with Crippen LogP contribution in [0.25, 0.3) is 21.1 Å². The number of nitrogens with two attached hydrogens (primary N) is 1. The highest BCUT2D eigenvalue weighted by atomic mass is 35.5.